The summed E-state index contributed by atoms with van der Waals surface area (Å²) in [7, 11) is 0. The predicted molar refractivity (Wildman–Crippen MR) is 75.2 cm³/mol. The highest BCUT2D eigenvalue weighted by Gasteiger charge is 2.11. The number of hydrogen-bond acceptors (Lipinski definition) is 3. The van der Waals surface area contributed by atoms with Crippen LogP contribution >= 0.6 is 0 Å². The first-order valence-corrected chi connectivity index (χ1v) is 6.90. The molecule has 100 valence electrons. The molecule has 0 aromatic heterocycles. The lowest BCUT2D eigenvalue weighted by Crippen LogP contribution is -2.44. The van der Waals surface area contributed by atoms with Crippen molar-refractivity contribution in [2.45, 2.75) is 26.4 Å². The van der Waals surface area contributed by atoms with E-state index in [0.29, 0.717) is 0 Å². The number of benzene rings is 1. The Morgan fingerprint density at radius 1 is 1.22 bits per heavy atom. The number of nitrogens with one attached hydrogen (secondary N) is 1. The van der Waals surface area contributed by atoms with E-state index < -0.39 is 0 Å². The molecule has 2 rings (SSSR count). The standard InChI is InChI=1S/C15H24N2O/c1-13-3-5-15(6-4-13)18-14(2)7-10-17-11-8-16-9-12-17/h3-6,14,16H,7-12H2,1-2H3. The van der Waals surface area contributed by atoms with Crippen LogP contribution in [0, 0.1) is 6.92 Å². The predicted octanol–water partition coefficient (Wildman–Crippen LogP) is 2.06. The van der Waals surface area contributed by atoms with E-state index in [-0.39, 0.29) is 6.10 Å². The second-order valence-electron chi connectivity index (χ2n) is 5.12. The van der Waals surface area contributed by atoms with E-state index in [1.54, 1.807) is 0 Å². The summed E-state index contributed by atoms with van der Waals surface area (Å²) in [6, 6.07) is 8.30. The lowest BCUT2D eigenvalue weighted by atomic mass is 10.2. The average Bonchev–Trinajstić information content (AvgIpc) is 2.40. The third-order valence-corrected chi connectivity index (χ3v) is 3.42. The Bertz CT molecular complexity index is 344. The van der Waals surface area contributed by atoms with Crippen LogP contribution in [-0.4, -0.2) is 43.7 Å². The van der Waals surface area contributed by atoms with Gasteiger partial charge in [-0.25, -0.2) is 0 Å². The Hall–Kier alpha value is -1.06. The summed E-state index contributed by atoms with van der Waals surface area (Å²) in [6.45, 7) is 9.95. The van der Waals surface area contributed by atoms with Crippen molar-refractivity contribution in [1.82, 2.24) is 10.2 Å². The molecule has 1 aromatic rings. The van der Waals surface area contributed by atoms with Gasteiger partial charge in [-0.15, -0.1) is 0 Å². The number of piperazine rings is 1. The number of ether oxygens (including phenoxy) is 1. The minimum atomic E-state index is 0.280. The molecule has 1 heterocycles. The maximum absolute atomic E-state index is 5.92. The Labute approximate surface area is 110 Å². The Morgan fingerprint density at radius 3 is 2.56 bits per heavy atom. The average molecular weight is 248 g/mol. The van der Waals surface area contributed by atoms with Crippen molar-refractivity contribution in [3.05, 3.63) is 29.8 Å². The first-order chi connectivity index (χ1) is 8.74. The van der Waals surface area contributed by atoms with Crippen LogP contribution in [0.2, 0.25) is 0 Å². The van der Waals surface area contributed by atoms with E-state index in [0.717, 1.165) is 44.9 Å². The van der Waals surface area contributed by atoms with E-state index in [1.807, 2.05) is 0 Å². The molecule has 1 fully saturated rings. The molecule has 1 atom stereocenters. The summed E-state index contributed by atoms with van der Waals surface area (Å²) in [6.07, 6.45) is 1.37. The highest BCUT2D eigenvalue weighted by molar-refractivity contribution is 5.26. The molecule has 0 radical (unpaired) electrons. The van der Waals surface area contributed by atoms with E-state index in [2.05, 4.69) is 48.3 Å². The smallest absolute Gasteiger partial charge is 0.119 e. The van der Waals surface area contributed by atoms with Crippen molar-refractivity contribution in [3.8, 4) is 5.75 Å². The van der Waals surface area contributed by atoms with Crippen LogP contribution in [0.1, 0.15) is 18.9 Å². The van der Waals surface area contributed by atoms with Crippen LogP contribution in [0.3, 0.4) is 0 Å². The zero-order chi connectivity index (χ0) is 12.8. The molecule has 0 saturated carbocycles. The van der Waals surface area contributed by atoms with E-state index in [1.165, 1.54) is 5.56 Å². The molecule has 3 heteroatoms. The van der Waals surface area contributed by atoms with Gasteiger partial charge in [-0.1, -0.05) is 17.7 Å². The second kappa shape index (κ2) is 6.76. The van der Waals surface area contributed by atoms with E-state index >= 15 is 0 Å². The van der Waals surface area contributed by atoms with Crippen molar-refractivity contribution in [1.29, 1.82) is 0 Å². The molecular weight excluding hydrogens is 224 g/mol. The maximum atomic E-state index is 5.92. The summed E-state index contributed by atoms with van der Waals surface area (Å²) >= 11 is 0. The van der Waals surface area contributed by atoms with Gasteiger partial charge in [0, 0.05) is 32.7 Å². The molecule has 1 aliphatic rings. The highest BCUT2D eigenvalue weighted by atomic mass is 16.5. The lowest BCUT2D eigenvalue weighted by molar-refractivity contribution is 0.167. The first kappa shape index (κ1) is 13.4. The Morgan fingerprint density at radius 2 is 1.89 bits per heavy atom. The first-order valence-electron chi connectivity index (χ1n) is 6.90. The topological polar surface area (TPSA) is 24.5 Å². The molecule has 0 spiro atoms. The van der Waals surface area contributed by atoms with Crippen molar-refractivity contribution in [2.75, 3.05) is 32.7 Å². The molecule has 0 aliphatic carbocycles. The summed E-state index contributed by atoms with van der Waals surface area (Å²) in [5.41, 5.74) is 1.27. The van der Waals surface area contributed by atoms with Crippen LogP contribution in [-0.2, 0) is 0 Å². The van der Waals surface area contributed by atoms with Gasteiger partial charge in [0.05, 0.1) is 6.10 Å². The lowest BCUT2D eigenvalue weighted by Gasteiger charge is -2.28. The maximum Gasteiger partial charge on any atom is 0.119 e. The molecule has 18 heavy (non-hydrogen) atoms. The number of aryl methyl sites for hydroxylation is 1. The zero-order valence-corrected chi connectivity index (χ0v) is 11.5. The summed E-state index contributed by atoms with van der Waals surface area (Å²) in [4.78, 5) is 2.51. The summed E-state index contributed by atoms with van der Waals surface area (Å²) in [5.74, 6) is 0.980. The van der Waals surface area contributed by atoms with E-state index in [4.69, 9.17) is 4.74 Å². The second-order valence-corrected chi connectivity index (χ2v) is 5.12. The molecular formula is C15H24N2O. The highest BCUT2D eigenvalue weighted by Crippen LogP contribution is 2.14. The third-order valence-electron chi connectivity index (χ3n) is 3.42. The fourth-order valence-corrected chi connectivity index (χ4v) is 2.21. The van der Waals surface area contributed by atoms with Crippen molar-refractivity contribution in [3.63, 3.8) is 0 Å². The molecule has 1 aliphatic heterocycles. The van der Waals surface area contributed by atoms with Gasteiger partial charge in [-0.3, -0.25) is 0 Å². The van der Waals surface area contributed by atoms with Gasteiger partial charge in [-0.05, 0) is 32.4 Å². The van der Waals surface area contributed by atoms with Gasteiger partial charge in [-0.2, -0.15) is 0 Å². The fraction of sp³-hybridized carbons (Fsp3) is 0.600. The van der Waals surface area contributed by atoms with Crippen molar-refractivity contribution in [2.24, 2.45) is 0 Å². The normalized spacial score (nSPS) is 18.6. The zero-order valence-electron chi connectivity index (χ0n) is 11.5. The molecule has 0 bridgehead atoms. The van der Waals surface area contributed by atoms with Gasteiger partial charge in [0.15, 0.2) is 0 Å². The Balaban J connectivity index is 1.71. The van der Waals surface area contributed by atoms with Gasteiger partial charge < -0.3 is 15.0 Å². The number of nitrogens with zero attached hydrogens (tertiary/aromatic N) is 1. The van der Waals surface area contributed by atoms with Crippen molar-refractivity contribution >= 4 is 0 Å². The summed E-state index contributed by atoms with van der Waals surface area (Å²) in [5, 5.41) is 3.37. The molecule has 1 saturated heterocycles. The van der Waals surface area contributed by atoms with Gasteiger partial charge in [0.25, 0.3) is 0 Å². The SMILES string of the molecule is Cc1ccc(OC(C)CCN2CCNCC2)cc1. The minimum absolute atomic E-state index is 0.280. The van der Waals surface area contributed by atoms with Crippen LogP contribution < -0.4 is 10.1 Å². The quantitative estimate of drug-likeness (QED) is 0.863. The molecule has 1 unspecified atom stereocenters. The number of rotatable bonds is 5. The third kappa shape index (κ3) is 4.31. The summed E-state index contributed by atoms with van der Waals surface area (Å²) < 4.78 is 5.92. The molecule has 1 aromatic carbocycles. The molecule has 3 nitrogen and oxygen atoms in total. The monoisotopic (exact) mass is 248 g/mol. The molecule has 1 N–H and O–H groups in total. The number of hydrogen-bond donors (Lipinski definition) is 1. The Kier molecular flexibility index (Phi) is 5.02. The van der Waals surface area contributed by atoms with Gasteiger partial charge >= 0.3 is 0 Å². The minimum Gasteiger partial charge on any atom is -0.491 e. The van der Waals surface area contributed by atoms with Crippen LogP contribution in [0.15, 0.2) is 24.3 Å². The van der Waals surface area contributed by atoms with Crippen LogP contribution in [0.25, 0.3) is 0 Å². The van der Waals surface area contributed by atoms with E-state index in [9.17, 15) is 0 Å². The largest absolute Gasteiger partial charge is 0.491 e. The van der Waals surface area contributed by atoms with Crippen LogP contribution in [0.5, 0.6) is 5.75 Å². The molecule has 0 amide bonds. The van der Waals surface area contributed by atoms with Crippen molar-refractivity contribution < 1.29 is 4.74 Å². The fourth-order valence-electron chi connectivity index (χ4n) is 2.21. The van der Waals surface area contributed by atoms with Crippen LogP contribution in [0.4, 0.5) is 0 Å². The van der Waals surface area contributed by atoms with Gasteiger partial charge in [0.1, 0.15) is 5.75 Å². The van der Waals surface area contributed by atoms with Gasteiger partial charge in [0.2, 0.25) is 0 Å².